The Morgan fingerprint density at radius 2 is 1.48 bits per heavy atom. The van der Waals surface area contributed by atoms with E-state index in [0.29, 0.717) is 11.1 Å². The van der Waals surface area contributed by atoms with Crippen molar-refractivity contribution >= 4 is 12.2 Å². The van der Waals surface area contributed by atoms with Crippen molar-refractivity contribution in [3.63, 3.8) is 0 Å². The average molecular weight is 376 g/mol. The van der Waals surface area contributed by atoms with Crippen molar-refractivity contribution in [2.75, 3.05) is 0 Å². The SMILES string of the molecule is CCCC1CCC(c2cc(F)c(C=Cc3ccc(F)c(F)c3)c(F)c2)CC1. The van der Waals surface area contributed by atoms with Gasteiger partial charge in [-0.25, -0.2) is 17.6 Å². The van der Waals surface area contributed by atoms with Gasteiger partial charge >= 0.3 is 0 Å². The lowest BCUT2D eigenvalue weighted by atomic mass is 9.77. The van der Waals surface area contributed by atoms with Gasteiger partial charge in [0.1, 0.15) is 11.6 Å². The second-order valence-electron chi connectivity index (χ2n) is 7.41. The zero-order valence-corrected chi connectivity index (χ0v) is 15.5. The molecule has 0 saturated heterocycles. The summed E-state index contributed by atoms with van der Waals surface area (Å²) in [5, 5.41) is 0. The number of benzene rings is 2. The fourth-order valence-electron chi connectivity index (χ4n) is 3.99. The van der Waals surface area contributed by atoms with Crippen LogP contribution in [0.1, 0.15) is 68.1 Å². The molecule has 1 fully saturated rings. The molecular formula is C23H24F4. The summed E-state index contributed by atoms with van der Waals surface area (Å²) in [6.07, 6.45) is 9.19. The third-order valence-corrected chi connectivity index (χ3v) is 5.50. The van der Waals surface area contributed by atoms with Gasteiger partial charge in [0.05, 0.1) is 0 Å². The van der Waals surface area contributed by atoms with Crippen LogP contribution in [0, 0.1) is 29.2 Å². The molecule has 2 aromatic carbocycles. The molecule has 1 saturated carbocycles. The van der Waals surface area contributed by atoms with Crippen LogP contribution in [-0.4, -0.2) is 0 Å². The number of halogens is 4. The van der Waals surface area contributed by atoms with Gasteiger partial charge in [0.15, 0.2) is 11.6 Å². The molecule has 27 heavy (non-hydrogen) atoms. The lowest BCUT2D eigenvalue weighted by Gasteiger charge is -2.28. The van der Waals surface area contributed by atoms with Crippen molar-refractivity contribution in [3.05, 3.63) is 70.3 Å². The van der Waals surface area contributed by atoms with Crippen molar-refractivity contribution in [2.24, 2.45) is 5.92 Å². The van der Waals surface area contributed by atoms with Gasteiger partial charge in [-0.15, -0.1) is 0 Å². The van der Waals surface area contributed by atoms with Crippen LogP contribution in [0.5, 0.6) is 0 Å². The van der Waals surface area contributed by atoms with E-state index in [-0.39, 0.29) is 11.5 Å². The molecule has 0 bridgehead atoms. The summed E-state index contributed by atoms with van der Waals surface area (Å²) in [7, 11) is 0. The van der Waals surface area contributed by atoms with Crippen LogP contribution >= 0.6 is 0 Å². The minimum Gasteiger partial charge on any atom is -0.206 e. The topological polar surface area (TPSA) is 0 Å². The fraction of sp³-hybridized carbons (Fsp3) is 0.391. The first-order chi connectivity index (χ1) is 13.0. The normalized spacial score (nSPS) is 20.3. The maximum Gasteiger partial charge on any atom is 0.159 e. The minimum atomic E-state index is -0.993. The van der Waals surface area contributed by atoms with Crippen LogP contribution < -0.4 is 0 Å². The molecule has 0 aliphatic heterocycles. The van der Waals surface area contributed by atoms with Crippen molar-refractivity contribution in [1.82, 2.24) is 0 Å². The summed E-state index contributed by atoms with van der Waals surface area (Å²) in [6.45, 7) is 2.18. The molecule has 0 N–H and O–H groups in total. The number of hydrogen-bond donors (Lipinski definition) is 0. The van der Waals surface area contributed by atoms with Crippen LogP contribution in [0.15, 0.2) is 30.3 Å². The highest BCUT2D eigenvalue weighted by Crippen LogP contribution is 2.38. The summed E-state index contributed by atoms with van der Waals surface area (Å²) in [6, 6.07) is 6.16. The van der Waals surface area contributed by atoms with E-state index in [2.05, 4.69) is 6.92 Å². The van der Waals surface area contributed by atoms with Gasteiger partial charge in [0, 0.05) is 5.56 Å². The van der Waals surface area contributed by atoms with Crippen LogP contribution in [0.2, 0.25) is 0 Å². The van der Waals surface area contributed by atoms with Gasteiger partial charge in [-0.1, -0.05) is 31.9 Å². The average Bonchev–Trinajstić information content (AvgIpc) is 2.64. The second-order valence-corrected chi connectivity index (χ2v) is 7.41. The third kappa shape index (κ3) is 4.79. The van der Waals surface area contributed by atoms with Gasteiger partial charge in [-0.05, 0) is 79.0 Å². The molecule has 3 rings (SSSR count). The Morgan fingerprint density at radius 1 is 0.815 bits per heavy atom. The molecule has 1 aliphatic carbocycles. The van der Waals surface area contributed by atoms with E-state index in [1.807, 2.05) is 0 Å². The molecule has 0 heterocycles. The summed E-state index contributed by atoms with van der Waals surface area (Å²) in [4.78, 5) is 0. The van der Waals surface area contributed by atoms with Crippen LogP contribution in [0.25, 0.3) is 12.2 Å². The van der Waals surface area contributed by atoms with E-state index >= 15 is 0 Å². The van der Waals surface area contributed by atoms with E-state index in [1.165, 1.54) is 43.2 Å². The Morgan fingerprint density at radius 3 is 2.07 bits per heavy atom. The van der Waals surface area contributed by atoms with E-state index < -0.39 is 23.3 Å². The van der Waals surface area contributed by atoms with E-state index in [9.17, 15) is 17.6 Å². The molecule has 0 radical (unpaired) electrons. The Balaban J connectivity index is 1.75. The molecule has 0 aromatic heterocycles. The zero-order valence-electron chi connectivity index (χ0n) is 15.5. The predicted octanol–water partition coefficient (Wildman–Crippen LogP) is 7.49. The molecule has 0 amide bonds. The lowest BCUT2D eigenvalue weighted by molar-refractivity contribution is 0.307. The van der Waals surface area contributed by atoms with E-state index in [1.54, 1.807) is 0 Å². The molecule has 0 spiro atoms. The van der Waals surface area contributed by atoms with Gasteiger partial charge < -0.3 is 0 Å². The summed E-state index contributed by atoms with van der Waals surface area (Å²) in [5.41, 5.74) is 0.888. The summed E-state index contributed by atoms with van der Waals surface area (Å²) >= 11 is 0. The van der Waals surface area contributed by atoms with Crippen molar-refractivity contribution in [1.29, 1.82) is 0 Å². The monoisotopic (exact) mass is 376 g/mol. The van der Waals surface area contributed by atoms with E-state index in [4.69, 9.17) is 0 Å². The highest BCUT2D eigenvalue weighted by Gasteiger charge is 2.23. The highest BCUT2D eigenvalue weighted by atomic mass is 19.2. The number of rotatable bonds is 5. The summed E-state index contributed by atoms with van der Waals surface area (Å²) in [5.74, 6) is -2.26. The maximum absolute atomic E-state index is 14.5. The number of hydrogen-bond acceptors (Lipinski definition) is 0. The van der Waals surface area contributed by atoms with Gasteiger partial charge in [-0.3, -0.25) is 0 Å². The second kappa shape index (κ2) is 8.73. The third-order valence-electron chi connectivity index (χ3n) is 5.50. The van der Waals surface area contributed by atoms with Gasteiger partial charge in [-0.2, -0.15) is 0 Å². The molecule has 0 unspecified atom stereocenters. The quantitative estimate of drug-likeness (QED) is 0.375. The summed E-state index contributed by atoms with van der Waals surface area (Å²) < 4.78 is 55.2. The predicted molar refractivity (Wildman–Crippen MR) is 101 cm³/mol. The minimum absolute atomic E-state index is 0.164. The van der Waals surface area contributed by atoms with Crippen LogP contribution in [0.3, 0.4) is 0 Å². The smallest absolute Gasteiger partial charge is 0.159 e. The van der Waals surface area contributed by atoms with Crippen molar-refractivity contribution in [2.45, 2.75) is 51.4 Å². The Bertz CT molecular complexity index is 794. The first kappa shape index (κ1) is 19.7. The van der Waals surface area contributed by atoms with Gasteiger partial charge in [0.25, 0.3) is 0 Å². The molecular weight excluding hydrogens is 352 g/mol. The first-order valence-corrected chi connectivity index (χ1v) is 9.60. The molecule has 2 aromatic rings. The maximum atomic E-state index is 14.5. The Labute approximate surface area is 157 Å². The molecule has 0 nitrogen and oxygen atoms in total. The van der Waals surface area contributed by atoms with Crippen molar-refractivity contribution < 1.29 is 17.6 Å². The molecule has 144 valence electrons. The highest BCUT2D eigenvalue weighted by molar-refractivity contribution is 5.70. The standard InChI is InChI=1S/C23H24F4/c1-2-3-15-4-8-17(9-5-15)18-13-21(25)19(22(26)14-18)10-6-16-7-11-20(24)23(27)12-16/h6-7,10-15,17H,2-5,8-9H2,1H3. The van der Waals surface area contributed by atoms with Crippen LogP contribution in [0.4, 0.5) is 17.6 Å². The van der Waals surface area contributed by atoms with Crippen LogP contribution in [-0.2, 0) is 0 Å². The fourth-order valence-corrected chi connectivity index (χ4v) is 3.99. The van der Waals surface area contributed by atoms with Crippen molar-refractivity contribution in [3.8, 4) is 0 Å². The Hall–Kier alpha value is -2.10. The Kier molecular flexibility index (Phi) is 6.35. The molecule has 4 heteroatoms. The van der Waals surface area contributed by atoms with E-state index in [0.717, 1.165) is 43.7 Å². The largest absolute Gasteiger partial charge is 0.206 e. The molecule has 1 aliphatic rings. The lowest BCUT2D eigenvalue weighted by Crippen LogP contribution is -2.13. The van der Waals surface area contributed by atoms with Gasteiger partial charge in [0.2, 0.25) is 0 Å². The first-order valence-electron chi connectivity index (χ1n) is 9.60. The molecule has 0 atom stereocenters. The zero-order chi connectivity index (χ0) is 19.4.